The molecule has 0 aromatic rings. The van der Waals surface area contributed by atoms with Crippen LogP contribution < -0.4 is 5.32 Å². The number of hydrogen-bond donors (Lipinski definition) is 1. The average Bonchev–Trinajstić information content (AvgIpc) is 2.20. The highest BCUT2D eigenvalue weighted by molar-refractivity contribution is 6.45. The van der Waals surface area contributed by atoms with Crippen molar-refractivity contribution < 1.29 is 14.4 Å². The van der Waals surface area contributed by atoms with Crippen molar-refractivity contribution in [3.8, 4) is 0 Å². The Balaban J connectivity index is 2.96. The first-order valence-corrected chi connectivity index (χ1v) is 5.24. The topological polar surface area (TPSA) is 66.5 Å². The molecule has 0 radical (unpaired) electrons. The van der Waals surface area contributed by atoms with E-state index in [1.54, 1.807) is 13.8 Å². The Morgan fingerprint density at radius 3 is 1.88 bits per heavy atom. The molecule has 0 aliphatic carbocycles. The van der Waals surface area contributed by atoms with Crippen LogP contribution >= 0.6 is 0 Å². The van der Waals surface area contributed by atoms with Gasteiger partial charge in [-0.05, 0) is 25.7 Å². The molecular formula is C11H18N2O3. The van der Waals surface area contributed by atoms with E-state index < -0.39 is 23.4 Å². The van der Waals surface area contributed by atoms with E-state index in [1.165, 1.54) is 0 Å². The Morgan fingerprint density at radius 1 is 1.06 bits per heavy atom. The number of amides is 4. The fourth-order valence-electron chi connectivity index (χ4n) is 2.33. The maximum Gasteiger partial charge on any atom is 0.332 e. The minimum absolute atomic E-state index is 0.0320. The van der Waals surface area contributed by atoms with Crippen LogP contribution in [0.15, 0.2) is 0 Å². The average molecular weight is 226 g/mol. The lowest BCUT2D eigenvalue weighted by atomic mass is 9.81. The van der Waals surface area contributed by atoms with Crippen LogP contribution in [0.1, 0.15) is 41.0 Å². The number of carbonyl (C=O) groups excluding carboxylic acids is 3. The van der Waals surface area contributed by atoms with Crippen LogP contribution in [0.25, 0.3) is 0 Å². The van der Waals surface area contributed by atoms with Gasteiger partial charge in [-0.25, -0.2) is 9.69 Å². The monoisotopic (exact) mass is 226 g/mol. The molecule has 0 unspecified atom stereocenters. The van der Waals surface area contributed by atoms with Crippen molar-refractivity contribution in [2.24, 2.45) is 5.41 Å². The van der Waals surface area contributed by atoms with Gasteiger partial charge in [0, 0.05) is 5.54 Å². The van der Waals surface area contributed by atoms with Gasteiger partial charge in [0.25, 0.3) is 0 Å². The van der Waals surface area contributed by atoms with Crippen molar-refractivity contribution in [2.75, 3.05) is 0 Å². The van der Waals surface area contributed by atoms with E-state index in [0.29, 0.717) is 6.42 Å². The van der Waals surface area contributed by atoms with E-state index >= 15 is 0 Å². The minimum atomic E-state index is -0.841. The molecule has 5 heteroatoms. The lowest BCUT2D eigenvalue weighted by Crippen LogP contribution is -2.50. The third-order valence-electron chi connectivity index (χ3n) is 2.39. The van der Waals surface area contributed by atoms with Crippen LogP contribution in [0.3, 0.4) is 0 Å². The van der Waals surface area contributed by atoms with Gasteiger partial charge >= 0.3 is 17.8 Å². The molecule has 1 N–H and O–H groups in total. The molecule has 1 saturated heterocycles. The van der Waals surface area contributed by atoms with Crippen molar-refractivity contribution in [1.82, 2.24) is 10.2 Å². The summed E-state index contributed by atoms with van der Waals surface area (Å²) in [5, 5.41) is 2.01. The van der Waals surface area contributed by atoms with Crippen LogP contribution in [-0.4, -0.2) is 28.3 Å². The molecule has 0 aromatic carbocycles. The van der Waals surface area contributed by atoms with Gasteiger partial charge in [0.2, 0.25) is 0 Å². The van der Waals surface area contributed by atoms with E-state index in [2.05, 4.69) is 0 Å². The Hall–Kier alpha value is -1.39. The number of carbonyl (C=O) groups is 3. The summed E-state index contributed by atoms with van der Waals surface area (Å²) in [5.41, 5.74) is -0.693. The quantitative estimate of drug-likeness (QED) is 0.569. The zero-order valence-electron chi connectivity index (χ0n) is 10.4. The Morgan fingerprint density at radius 2 is 1.56 bits per heavy atom. The van der Waals surface area contributed by atoms with Crippen molar-refractivity contribution in [3.63, 3.8) is 0 Å². The van der Waals surface area contributed by atoms with E-state index in [1.807, 2.05) is 26.1 Å². The van der Waals surface area contributed by atoms with E-state index in [9.17, 15) is 14.4 Å². The van der Waals surface area contributed by atoms with Gasteiger partial charge in [0.05, 0.1) is 0 Å². The third kappa shape index (κ3) is 2.40. The number of urea groups is 1. The van der Waals surface area contributed by atoms with Crippen LogP contribution in [0.5, 0.6) is 0 Å². The van der Waals surface area contributed by atoms with Gasteiger partial charge in [-0.2, -0.15) is 0 Å². The molecule has 0 atom stereocenters. The fourth-order valence-corrected chi connectivity index (χ4v) is 2.33. The molecule has 1 rings (SSSR count). The largest absolute Gasteiger partial charge is 0.332 e. The number of rotatable bonds is 2. The van der Waals surface area contributed by atoms with Crippen LogP contribution in [0, 0.1) is 5.41 Å². The summed E-state index contributed by atoms with van der Waals surface area (Å²) >= 11 is 0. The summed E-state index contributed by atoms with van der Waals surface area (Å²) in [4.78, 5) is 35.1. The molecule has 4 amide bonds. The summed E-state index contributed by atoms with van der Waals surface area (Å²) in [5.74, 6) is -1.61. The van der Waals surface area contributed by atoms with Gasteiger partial charge in [-0.3, -0.25) is 14.9 Å². The summed E-state index contributed by atoms with van der Waals surface area (Å²) in [6.45, 7) is 9.64. The molecule has 16 heavy (non-hydrogen) atoms. The zero-order valence-corrected chi connectivity index (χ0v) is 10.4. The highest BCUT2D eigenvalue weighted by atomic mass is 16.2. The predicted octanol–water partition coefficient (Wildman–Crippen LogP) is 1.28. The molecule has 0 saturated carbocycles. The van der Waals surface area contributed by atoms with Crippen molar-refractivity contribution >= 4 is 17.8 Å². The molecule has 0 spiro atoms. The molecule has 0 bridgehead atoms. The predicted molar refractivity (Wildman–Crippen MR) is 58.5 cm³/mol. The van der Waals surface area contributed by atoms with Gasteiger partial charge in [-0.15, -0.1) is 0 Å². The smallest absolute Gasteiger partial charge is 0.269 e. The molecule has 1 aliphatic heterocycles. The highest BCUT2D eigenvalue weighted by Crippen LogP contribution is 2.32. The van der Waals surface area contributed by atoms with Gasteiger partial charge in [0.15, 0.2) is 0 Å². The zero-order chi connectivity index (χ0) is 12.7. The second kappa shape index (κ2) is 3.57. The summed E-state index contributed by atoms with van der Waals surface area (Å²) in [6.07, 6.45) is 0.631. The SMILES string of the molecule is CC(C)(C)CC(C)(C)N1C(=O)NC(=O)C1=O. The van der Waals surface area contributed by atoms with Gasteiger partial charge < -0.3 is 0 Å². The lowest BCUT2D eigenvalue weighted by molar-refractivity contribution is -0.142. The molecule has 1 aliphatic rings. The highest BCUT2D eigenvalue weighted by Gasteiger charge is 2.46. The minimum Gasteiger partial charge on any atom is -0.269 e. The second-order valence-electron chi connectivity index (χ2n) is 5.95. The molecule has 1 fully saturated rings. The van der Waals surface area contributed by atoms with Crippen LogP contribution in [0.4, 0.5) is 4.79 Å². The number of nitrogens with zero attached hydrogens (tertiary/aromatic N) is 1. The first-order chi connectivity index (χ1) is 7.04. The van der Waals surface area contributed by atoms with Crippen molar-refractivity contribution in [3.05, 3.63) is 0 Å². The number of nitrogens with one attached hydrogen (secondary N) is 1. The van der Waals surface area contributed by atoms with Gasteiger partial charge in [-0.1, -0.05) is 20.8 Å². The lowest BCUT2D eigenvalue weighted by Gasteiger charge is -2.37. The maximum atomic E-state index is 11.5. The summed E-state index contributed by atoms with van der Waals surface area (Å²) in [7, 11) is 0. The Labute approximate surface area is 95.2 Å². The second-order valence-corrected chi connectivity index (χ2v) is 5.95. The van der Waals surface area contributed by atoms with Gasteiger partial charge in [0.1, 0.15) is 0 Å². The Kier molecular flexibility index (Phi) is 2.83. The first kappa shape index (κ1) is 12.7. The van der Waals surface area contributed by atoms with E-state index in [4.69, 9.17) is 0 Å². The third-order valence-corrected chi connectivity index (χ3v) is 2.39. The Bertz CT molecular complexity index is 353. The maximum absolute atomic E-state index is 11.5. The number of imide groups is 2. The van der Waals surface area contributed by atoms with E-state index in [0.717, 1.165) is 4.90 Å². The van der Waals surface area contributed by atoms with Crippen molar-refractivity contribution in [2.45, 2.75) is 46.6 Å². The summed E-state index contributed by atoms with van der Waals surface area (Å²) < 4.78 is 0. The standard InChI is InChI=1S/C11H18N2O3/c1-10(2,3)6-11(4,5)13-8(15)7(14)12-9(13)16/h6H2,1-5H3,(H,12,14,16). The number of hydrogen-bond acceptors (Lipinski definition) is 3. The van der Waals surface area contributed by atoms with E-state index in [-0.39, 0.29) is 5.41 Å². The van der Waals surface area contributed by atoms with Crippen LogP contribution in [0.2, 0.25) is 0 Å². The molecule has 0 aromatic heterocycles. The normalized spacial score (nSPS) is 18.1. The molecular weight excluding hydrogens is 208 g/mol. The van der Waals surface area contributed by atoms with Crippen molar-refractivity contribution in [1.29, 1.82) is 0 Å². The molecule has 5 nitrogen and oxygen atoms in total. The fraction of sp³-hybridized carbons (Fsp3) is 0.727. The first-order valence-electron chi connectivity index (χ1n) is 5.24. The summed E-state index contributed by atoms with van der Waals surface area (Å²) in [6, 6.07) is -0.621. The molecule has 90 valence electrons. The van der Waals surface area contributed by atoms with Crippen LogP contribution in [-0.2, 0) is 9.59 Å². The molecule has 1 heterocycles.